The minimum absolute atomic E-state index is 0.0592. The van der Waals surface area contributed by atoms with Crippen LogP contribution in [0, 0.1) is 11.8 Å². The summed E-state index contributed by atoms with van der Waals surface area (Å²) in [5.74, 6) is 0.741. The van der Waals surface area contributed by atoms with Crippen molar-refractivity contribution in [2.45, 2.75) is 39.0 Å². The Labute approximate surface area is 104 Å². The zero-order chi connectivity index (χ0) is 12.5. The zero-order valence-electron chi connectivity index (χ0n) is 10.9. The molecule has 3 N–H and O–H groups in total. The van der Waals surface area contributed by atoms with Crippen molar-refractivity contribution >= 4 is 5.91 Å². The van der Waals surface area contributed by atoms with Gasteiger partial charge in [0.15, 0.2) is 0 Å². The Kier molecular flexibility index (Phi) is 7.21. The maximum atomic E-state index is 11.9. The van der Waals surface area contributed by atoms with Crippen LogP contribution in [0.3, 0.4) is 0 Å². The van der Waals surface area contributed by atoms with E-state index in [-0.39, 0.29) is 11.8 Å². The molecular weight excluding hydrogens is 216 g/mol. The lowest BCUT2D eigenvalue weighted by Crippen LogP contribution is -2.38. The van der Waals surface area contributed by atoms with Crippen molar-refractivity contribution in [1.82, 2.24) is 5.32 Å². The van der Waals surface area contributed by atoms with Crippen molar-refractivity contribution in [2.75, 3.05) is 26.3 Å². The van der Waals surface area contributed by atoms with E-state index in [2.05, 4.69) is 12.2 Å². The van der Waals surface area contributed by atoms with E-state index in [1.807, 2.05) is 0 Å². The molecule has 4 heteroatoms. The summed E-state index contributed by atoms with van der Waals surface area (Å²) in [6.07, 6.45) is 5.24. The molecule has 1 saturated heterocycles. The molecule has 2 unspecified atom stereocenters. The Bertz CT molecular complexity index is 209. The van der Waals surface area contributed by atoms with Crippen LogP contribution in [-0.4, -0.2) is 32.2 Å². The van der Waals surface area contributed by atoms with Crippen LogP contribution in [0.2, 0.25) is 0 Å². The summed E-state index contributed by atoms with van der Waals surface area (Å²) in [5.41, 5.74) is 5.58. The number of nitrogens with one attached hydrogen (secondary N) is 1. The van der Waals surface area contributed by atoms with Gasteiger partial charge < -0.3 is 15.8 Å². The first-order chi connectivity index (χ1) is 8.27. The van der Waals surface area contributed by atoms with E-state index in [4.69, 9.17) is 10.5 Å². The van der Waals surface area contributed by atoms with Crippen LogP contribution < -0.4 is 11.1 Å². The molecule has 2 atom stereocenters. The van der Waals surface area contributed by atoms with E-state index in [0.29, 0.717) is 19.1 Å². The fourth-order valence-electron chi connectivity index (χ4n) is 2.33. The molecule has 1 amide bonds. The van der Waals surface area contributed by atoms with E-state index in [1.54, 1.807) is 0 Å². The third kappa shape index (κ3) is 5.50. The molecule has 17 heavy (non-hydrogen) atoms. The van der Waals surface area contributed by atoms with Crippen LogP contribution >= 0.6 is 0 Å². The van der Waals surface area contributed by atoms with Gasteiger partial charge in [-0.05, 0) is 38.1 Å². The predicted octanol–water partition coefficient (Wildman–Crippen LogP) is 1.29. The summed E-state index contributed by atoms with van der Waals surface area (Å²) < 4.78 is 5.32. The summed E-state index contributed by atoms with van der Waals surface area (Å²) in [6, 6.07) is 0. The molecule has 0 bridgehead atoms. The van der Waals surface area contributed by atoms with Crippen LogP contribution in [0.5, 0.6) is 0 Å². The van der Waals surface area contributed by atoms with Gasteiger partial charge in [0.25, 0.3) is 0 Å². The average molecular weight is 242 g/mol. The molecule has 0 saturated carbocycles. The summed E-state index contributed by atoms with van der Waals surface area (Å²) in [5, 5.41) is 3.05. The van der Waals surface area contributed by atoms with Gasteiger partial charge >= 0.3 is 0 Å². The van der Waals surface area contributed by atoms with Gasteiger partial charge in [-0.15, -0.1) is 0 Å². The molecule has 1 fully saturated rings. The molecule has 1 rings (SSSR count). The first-order valence-electron chi connectivity index (χ1n) is 6.83. The Morgan fingerprint density at radius 2 is 2.35 bits per heavy atom. The largest absolute Gasteiger partial charge is 0.381 e. The first kappa shape index (κ1) is 14.5. The number of hydrogen-bond acceptors (Lipinski definition) is 3. The molecule has 0 aromatic carbocycles. The number of carbonyl (C=O) groups excluding carboxylic acids is 1. The fraction of sp³-hybridized carbons (Fsp3) is 0.923. The Hall–Kier alpha value is -0.610. The van der Waals surface area contributed by atoms with Crippen LogP contribution in [-0.2, 0) is 9.53 Å². The van der Waals surface area contributed by atoms with Gasteiger partial charge in [-0.25, -0.2) is 0 Å². The molecule has 0 radical (unpaired) electrons. The number of amides is 1. The van der Waals surface area contributed by atoms with Crippen molar-refractivity contribution in [3.05, 3.63) is 0 Å². The minimum Gasteiger partial charge on any atom is -0.381 e. The first-order valence-corrected chi connectivity index (χ1v) is 6.83. The summed E-state index contributed by atoms with van der Waals surface area (Å²) >= 11 is 0. The topological polar surface area (TPSA) is 64.3 Å². The number of ether oxygens (including phenoxy) is 1. The highest BCUT2D eigenvalue weighted by atomic mass is 16.5. The molecule has 1 aliphatic rings. The highest BCUT2D eigenvalue weighted by Gasteiger charge is 2.22. The lowest BCUT2D eigenvalue weighted by Gasteiger charge is -2.23. The standard InChI is InChI=1S/C13H26N2O2/c1-2-4-11(6-7-14)9-15-13(16)12-5-3-8-17-10-12/h11-12H,2-10,14H2,1H3,(H,15,16). The highest BCUT2D eigenvalue weighted by molar-refractivity contribution is 5.78. The summed E-state index contributed by atoms with van der Waals surface area (Å²) in [7, 11) is 0. The third-order valence-electron chi connectivity index (χ3n) is 3.37. The van der Waals surface area contributed by atoms with Crippen LogP contribution in [0.15, 0.2) is 0 Å². The van der Waals surface area contributed by atoms with Gasteiger partial charge in [-0.2, -0.15) is 0 Å². The van der Waals surface area contributed by atoms with Gasteiger partial charge in [0.2, 0.25) is 5.91 Å². The van der Waals surface area contributed by atoms with Crippen molar-refractivity contribution in [2.24, 2.45) is 17.6 Å². The molecule has 0 aromatic rings. The smallest absolute Gasteiger partial charge is 0.225 e. The van der Waals surface area contributed by atoms with E-state index >= 15 is 0 Å². The second-order valence-electron chi connectivity index (χ2n) is 4.89. The molecular formula is C13H26N2O2. The Morgan fingerprint density at radius 1 is 1.53 bits per heavy atom. The van der Waals surface area contributed by atoms with Crippen LogP contribution in [0.25, 0.3) is 0 Å². The average Bonchev–Trinajstić information content (AvgIpc) is 2.37. The summed E-state index contributed by atoms with van der Waals surface area (Å²) in [4.78, 5) is 11.9. The second kappa shape index (κ2) is 8.48. The molecule has 100 valence electrons. The highest BCUT2D eigenvalue weighted by Crippen LogP contribution is 2.14. The minimum atomic E-state index is 0.0592. The van der Waals surface area contributed by atoms with Crippen molar-refractivity contribution in [1.29, 1.82) is 0 Å². The number of nitrogens with two attached hydrogens (primary N) is 1. The Balaban J connectivity index is 2.24. The maximum absolute atomic E-state index is 11.9. The third-order valence-corrected chi connectivity index (χ3v) is 3.37. The van der Waals surface area contributed by atoms with Gasteiger partial charge in [-0.3, -0.25) is 4.79 Å². The lowest BCUT2D eigenvalue weighted by molar-refractivity contribution is -0.129. The van der Waals surface area contributed by atoms with E-state index in [0.717, 1.165) is 45.3 Å². The lowest BCUT2D eigenvalue weighted by atomic mass is 9.98. The molecule has 4 nitrogen and oxygen atoms in total. The SMILES string of the molecule is CCCC(CCN)CNC(=O)C1CCCOC1. The monoisotopic (exact) mass is 242 g/mol. The zero-order valence-corrected chi connectivity index (χ0v) is 10.9. The molecule has 0 aliphatic carbocycles. The van der Waals surface area contributed by atoms with E-state index in [1.165, 1.54) is 0 Å². The second-order valence-corrected chi connectivity index (χ2v) is 4.89. The van der Waals surface area contributed by atoms with Gasteiger partial charge in [0.1, 0.15) is 0 Å². The molecule has 1 heterocycles. The molecule has 0 aromatic heterocycles. The maximum Gasteiger partial charge on any atom is 0.225 e. The normalized spacial score (nSPS) is 22.1. The van der Waals surface area contributed by atoms with Gasteiger partial charge in [0, 0.05) is 13.2 Å². The molecule has 0 spiro atoms. The van der Waals surface area contributed by atoms with E-state index < -0.39 is 0 Å². The Morgan fingerprint density at radius 3 is 2.94 bits per heavy atom. The fourth-order valence-corrected chi connectivity index (χ4v) is 2.33. The number of rotatable bonds is 7. The van der Waals surface area contributed by atoms with Crippen molar-refractivity contribution < 1.29 is 9.53 Å². The number of carbonyl (C=O) groups is 1. The van der Waals surface area contributed by atoms with Crippen molar-refractivity contribution in [3.63, 3.8) is 0 Å². The predicted molar refractivity (Wildman–Crippen MR) is 68.6 cm³/mol. The molecule has 1 aliphatic heterocycles. The van der Waals surface area contributed by atoms with Gasteiger partial charge in [-0.1, -0.05) is 13.3 Å². The van der Waals surface area contributed by atoms with Gasteiger partial charge in [0.05, 0.1) is 12.5 Å². The van der Waals surface area contributed by atoms with Crippen molar-refractivity contribution in [3.8, 4) is 0 Å². The quantitative estimate of drug-likeness (QED) is 0.707. The number of hydrogen-bond donors (Lipinski definition) is 2. The van der Waals surface area contributed by atoms with Crippen LogP contribution in [0.4, 0.5) is 0 Å². The van der Waals surface area contributed by atoms with E-state index in [9.17, 15) is 4.79 Å². The summed E-state index contributed by atoms with van der Waals surface area (Å²) in [6.45, 7) is 5.02. The van der Waals surface area contributed by atoms with Crippen LogP contribution in [0.1, 0.15) is 39.0 Å².